The van der Waals surface area contributed by atoms with Gasteiger partial charge in [-0.25, -0.2) is 28.7 Å². The second-order valence-electron chi connectivity index (χ2n) is 11.3. The third-order valence-electron chi connectivity index (χ3n) is 8.35. The number of aliphatic hydroxyl groups is 1. The number of piperidine rings is 1. The Morgan fingerprint density at radius 1 is 1.05 bits per heavy atom. The number of anilines is 3. The fraction of sp³-hybridized carbons (Fsp3) is 0.433. The van der Waals surface area contributed by atoms with E-state index in [2.05, 4.69) is 44.0 Å². The van der Waals surface area contributed by atoms with Crippen LogP contribution in [0.15, 0.2) is 43.1 Å². The summed E-state index contributed by atoms with van der Waals surface area (Å²) in [5.74, 6) is -0.287. The molecular weight excluding hydrogens is 542 g/mol. The van der Waals surface area contributed by atoms with E-state index in [1.165, 1.54) is 24.7 Å². The number of hydrogen-bond acceptors (Lipinski definition) is 8. The minimum absolute atomic E-state index is 0.0151. The first-order chi connectivity index (χ1) is 20.3. The van der Waals surface area contributed by atoms with Gasteiger partial charge in [0.25, 0.3) is 5.91 Å². The molecule has 2 aliphatic heterocycles. The summed E-state index contributed by atoms with van der Waals surface area (Å²) in [6, 6.07) is 3.89. The highest BCUT2D eigenvalue weighted by atomic mass is 19.1. The molecule has 0 aliphatic carbocycles. The molecule has 10 nitrogen and oxygen atoms in total. The monoisotopic (exact) mass is 576 g/mol. The SMILES string of the molecule is CC(C)c1cnc(N2CCC(n3cc(F)c4c(Nc5ccc(C(=O)N6CCC[C@@H]6CO)cc5F)ncnc43)CC2)nc1. The Morgan fingerprint density at radius 2 is 1.81 bits per heavy atom. The minimum Gasteiger partial charge on any atom is -0.394 e. The average Bonchev–Trinajstić information content (AvgIpc) is 3.63. The summed E-state index contributed by atoms with van der Waals surface area (Å²) in [5, 5.41) is 12.6. The van der Waals surface area contributed by atoms with Crippen LogP contribution in [0.25, 0.3) is 11.0 Å². The fourth-order valence-electron chi connectivity index (χ4n) is 5.89. The Balaban J connectivity index is 1.18. The molecule has 3 aromatic heterocycles. The smallest absolute Gasteiger partial charge is 0.254 e. The summed E-state index contributed by atoms with van der Waals surface area (Å²) in [7, 11) is 0. The number of carbonyl (C=O) groups is 1. The molecule has 42 heavy (non-hydrogen) atoms. The van der Waals surface area contributed by atoms with Gasteiger partial charge < -0.3 is 24.8 Å². The zero-order valence-electron chi connectivity index (χ0n) is 23.7. The number of nitrogens with zero attached hydrogens (tertiary/aromatic N) is 7. The van der Waals surface area contributed by atoms with Crippen LogP contribution >= 0.6 is 0 Å². The highest BCUT2D eigenvalue weighted by Gasteiger charge is 2.30. The van der Waals surface area contributed by atoms with Gasteiger partial charge in [0.05, 0.1) is 23.7 Å². The molecule has 1 amide bonds. The van der Waals surface area contributed by atoms with Crippen LogP contribution in [0.3, 0.4) is 0 Å². The highest BCUT2D eigenvalue weighted by Crippen LogP contribution is 2.34. The van der Waals surface area contributed by atoms with E-state index >= 15 is 8.78 Å². The van der Waals surface area contributed by atoms with Crippen molar-refractivity contribution in [1.82, 2.24) is 29.4 Å². The van der Waals surface area contributed by atoms with Gasteiger partial charge in [0.1, 0.15) is 23.6 Å². The van der Waals surface area contributed by atoms with Crippen LogP contribution in [0.1, 0.15) is 67.4 Å². The number of aliphatic hydroxyl groups excluding tert-OH is 1. The van der Waals surface area contributed by atoms with Crippen molar-refractivity contribution in [3.8, 4) is 0 Å². The van der Waals surface area contributed by atoms with Crippen LogP contribution in [0.4, 0.5) is 26.2 Å². The second kappa shape index (κ2) is 11.6. The lowest BCUT2D eigenvalue weighted by atomic mass is 10.1. The van der Waals surface area contributed by atoms with Gasteiger partial charge in [-0.2, -0.15) is 0 Å². The van der Waals surface area contributed by atoms with Gasteiger partial charge in [-0.15, -0.1) is 0 Å². The summed E-state index contributed by atoms with van der Waals surface area (Å²) in [4.78, 5) is 34.2. The first-order valence-electron chi connectivity index (χ1n) is 14.4. The van der Waals surface area contributed by atoms with Gasteiger partial charge in [-0.3, -0.25) is 4.79 Å². The Hall–Kier alpha value is -4.19. The van der Waals surface area contributed by atoms with Gasteiger partial charge in [0.15, 0.2) is 5.82 Å². The summed E-state index contributed by atoms with van der Waals surface area (Å²) >= 11 is 0. The Bertz CT molecular complexity index is 1580. The van der Waals surface area contributed by atoms with E-state index in [0.29, 0.717) is 24.1 Å². The number of fused-ring (bicyclic) bond motifs is 1. The van der Waals surface area contributed by atoms with E-state index in [0.717, 1.165) is 50.4 Å². The van der Waals surface area contributed by atoms with Crippen molar-refractivity contribution < 1.29 is 18.7 Å². The fourth-order valence-corrected chi connectivity index (χ4v) is 5.89. The van der Waals surface area contributed by atoms with Gasteiger partial charge in [0.2, 0.25) is 5.95 Å². The average molecular weight is 577 g/mol. The Morgan fingerprint density at radius 3 is 2.50 bits per heavy atom. The van der Waals surface area contributed by atoms with Crippen LogP contribution in [0.5, 0.6) is 0 Å². The maximum absolute atomic E-state index is 15.3. The first kappa shape index (κ1) is 28.0. The number of carbonyl (C=O) groups excluding carboxylic acids is 1. The predicted molar refractivity (Wildman–Crippen MR) is 155 cm³/mol. The molecule has 2 saturated heterocycles. The summed E-state index contributed by atoms with van der Waals surface area (Å²) in [5.41, 5.74) is 1.78. The normalized spacial score (nSPS) is 17.9. The Kier molecular flexibility index (Phi) is 7.72. The molecule has 1 atom stereocenters. The molecule has 0 bridgehead atoms. The second-order valence-corrected chi connectivity index (χ2v) is 11.3. The van der Waals surface area contributed by atoms with E-state index < -0.39 is 11.6 Å². The number of nitrogens with one attached hydrogen (secondary N) is 1. The summed E-state index contributed by atoms with van der Waals surface area (Å²) < 4.78 is 32.3. The number of likely N-dealkylation sites (tertiary alicyclic amines) is 1. The lowest BCUT2D eigenvalue weighted by Gasteiger charge is -2.32. The summed E-state index contributed by atoms with van der Waals surface area (Å²) in [6.07, 6.45) is 9.53. The van der Waals surface area contributed by atoms with Crippen molar-refractivity contribution in [2.45, 2.75) is 57.5 Å². The van der Waals surface area contributed by atoms with E-state index in [1.54, 1.807) is 4.90 Å². The van der Waals surface area contributed by atoms with Crippen molar-refractivity contribution in [1.29, 1.82) is 0 Å². The number of halogens is 2. The van der Waals surface area contributed by atoms with E-state index in [-0.39, 0.29) is 47.1 Å². The standard InChI is InChI=1S/C30H34F2N8O2/c1-18(2)20-13-33-30(34-14-20)38-10-7-21(8-11-38)40-15-24(32)26-27(35-17-36-28(26)40)37-25-6-5-19(12-23(25)31)29(42)39-9-3-4-22(39)16-41/h5-6,12-15,17-18,21-22,41H,3-4,7-11,16H2,1-2H3,(H,35,36,37)/t22-/m1/s1. The van der Waals surface area contributed by atoms with E-state index in [1.807, 2.05) is 17.0 Å². The van der Waals surface area contributed by atoms with Crippen molar-refractivity contribution in [3.05, 3.63) is 65.9 Å². The molecule has 5 heterocycles. The molecule has 4 aromatic rings. The molecule has 2 N–H and O–H groups in total. The van der Waals surface area contributed by atoms with Crippen molar-refractivity contribution >= 4 is 34.4 Å². The lowest BCUT2D eigenvalue weighted by molar-refractivity contribution is 0.0677. The maximum Gasteiger partial charge on any atom is 0.254 e. The van der Waals surface area contributed by atoms with Gasteiger partial charge in [0, 0.05) is 49.8 Å². The zero-order valence-corrected chi connectivity index (χ0v) is 23.7. The molecule has 0 unspecified atom stereocenters. The molecular formula is C30H34F2N8O2. The lowest BCUT2D eigenvalue weighted by Crippen LogP contribution is -2.37. The number of benzene rings is 1. The zero-order chi connectivity index (χ0) is 29.4. The van der Waals surface area contributed by atoms with E-state index in [9.17, 15) is 9.90 Å². The van der Waals surface area contributed by atoms with Crippen LogP contribution in [0, 0.1) is 11.6 Å². The number of amides is 1. The van der Waals surface area contributed by atoms with Crippen LogP contribution in [-0.2, 0) is 0 Å². The molecule has 0 saturated carbocycles. The van der Waals surface area contributed by atoms with E-state index in [4.69, 9.17) is 0 Å². The molecule has 0 radical (unpaired) electrons. The molecule has 12 heteroatoms. The predicted octanol–water partition coefficient (Wildman–Crippen LogP) is 4.80. The highest BCUT2D eigenvalue weighted by molar-refractivity contribution is 5.95. The molecule has 2 fully saturated rings. The van der Waals surface area contributed by atoms with Gasteiger partial charge in [-0.1, -0.05) is 13.8 Å². The van der Waals surface area contributed by atoms with Crippen molar-refractivity contribution in [3.63, 3.8) is 0 Å². The first-order valence-corrected chi connectivity index (χ1v) is 14.4. The summed E-state index contributed by atoms with van der Waals surface area (Å²) in [6.45, 7) is 6.05. The van der Waals surface area contributed by atoms with Crippen LogP contribution in [0.2, 0.25) is 0 Å². The van der Waals surface area contributed by atoms with Gasteiger partial charge >= 0.3 is 0 Å². The van der Waals surface area contributed by atoms with Crippen LogP contribution < -0.4 is 10.2 Å². The molecule has 6 rings (SSSR count). The number of hydrogen-bond donors (Lipinski definition) is 2. The molecule has 2 aliphatic rings. The van der Waals surface area contributed by atoms with Crippen molar-refractivity contribution in [2.24, 2.45) is 0 Å². The topological polar surface area (TPSA) is 112 Å². The largest absolute Gasteiger partial charge is 0.394 e. The van der Waals surface area contributed by atoms with Crippen LogP contribution in [-0.4, -0.2) is 72.7 Å². The molecule has 0 spiro atoms. The molecule has 220 valence electrons. The maximum atomic E-state index is 15.3. The quantitative estimate of drug-likeness (QED) is 0.323. The van der Waals surface area contributed by atoms with Crippen molar-refractivity contribution in [2.75, 3.05) is 36.5 Å². The Labute approximate surface area is 242 Å². The molecule has 1 aromatic carbocycles. The number of aromatic nitrogens is 5. The third kappa shape index (κ3) is 5.26. The third-order valence-corrected chi connectivity index (χ3v) is 8.35. The minimum atomic E-state index is -0.664. The van der Waals surface area contributed by atoms with Gasteiger partial charge in [-0.05, 0) is 55.4 Å². The number of rotatable bonds is 7.